The summed E-state index contributed by atoms with van der Waals surface area (Å²) < 4.78 is 5.76. The molecule has 1 amide bonds. The van der Waals surface area contributed by atoms with Crippen LogP contribution in [-0.2, 0) is 4.79 Å². The molecule has 6 heteroatoms. The van der Waals surface area contributed by atoms with Gasteiger partial charge in [-0.05, 0) is 25.8 Å². The molecular formula is C21H32N4O2. The van der Waals surface area contributed by atoms with E-state index in [1.165, 1.54) is 0 Å². The van der Waals surface area contributed by atoms with Crippen LogP contribution in [-0.4, -0.2) is 50.6 Å². The predicted molar refractivity (Wildman–Crippen MR) is 108 cm³/mol. The van der Waals surface area contributed by atoms with Crippen LogP contribution < -0.4 is 15.4 Å². The number of guanidine groups is 1. The molecule has 27 heavy (non-hydrogen) atoms. The van der Waals surface area contributed by atoms with Crippen molar-refractivity contribution in [1.29, 1.82) is 0 Å². The normalized spacial score (nSPS) is 21.1. The fourth-order valence-electron chi connectivity index (χ4n) is 4.17. The van der Waals surface area contributed by atoms with Gasteiger partial charge in [-0.3, -0.25) is 9.79 Å². The molecule has 0 spiro atoms. The Bertz CT molecular complexity index is 681. The molecule has 148 valence electrons. The van der Waals surface area contributed by atoms with Crippen LogP contribution >= 0.6 is 0 Å². The molecule has 1 fully saturated rings. The summed E-state index contributed by atoms with van der Waals surface area (Å²) in [5.74, 6) is 1.92. The first kappa shape index (κ1) is 19.5. The first-order valence-electron chi connectivity index (χ1n) is 10.0. The summed E-state index contributed by atoms with van der Waals surface area (Å²) in [5, 5.41) is 6.90. The van der Waals surface area contributed by atoms with Gasteiger partial charge in [0, 0.05) is 32.6 Å². The Morgan fingerprint density at radius 1 is 1.30 bits per heavy atom. The Morgan fingerprint density at radius 3 is 2.74 bits per heavy atom. The van der Waals surface area contributed by atoms with Crippen LogP contribution in [0.5, 0.6) is 5.75 Å². The lowest BCUT2D eigenvalue weighted by atomic mass is 9.85. The van der Waals surface area contributed by atoms with Gasteiger partial charge in [-0.15, -0.1) is 0 Å². The maximum atomic E-state index is 12.8. The largest absolute Gasteiger partial charge is 0.493 e. The lowest BCUT2D eigenvalue weighted by Crippen LogP contribution is -2.44. The number of carbonyl (C=O) groups excluding carboxylic acids is 1. The smallest absolute Gasteiger partial charge is 0.230 e. The average molecular weight is 373 g/mol. The summed E-state index contributed by atoms with van der Waals surface area (Å²) >= 11 is 0. The van der Waals surface area contributed by atoms with Crippen LogP contribution in [0.25, 0.3) is 0 Å². The number of hydrogen-bond donors (Lipinski definition) is 2. The molecule has 1 aliphatic carbocycles. The molecule has 0 aromatic heterocycles. The first-order valence-corrected chi connectivity index (χ1v) is 10.0. The number of nitrogens with zero attached hydrogens (tertiary/aromatic N) is 2. The van der Waals surface area contributed by atoms with Crippen molar-refractivity contribution in [2.75, 3.05) is 33.8 Å². The van der Waals surface area contributed by atoms with Crippen molar-refractivity contribution in [1.82, 2.24) is 15.5 Å². The van der Waals surface area contributed by atoms with Crippen LogP contribution in [0.2, 0.25) is 0 Å². The second-order valence-corrected chi connectivity index (χ2v) is 7.75. The minimum Gasteiger partial charge on any atom is -0.493 e. The highest BCUT2D eigenvalue weighted by Crippen LogP contribution is 2.40. The zero-order valence-electron chi connectivity index (χ0n) is 16.8. The zero-order chi connectivity index (χ0) is 19.3. The van der Waals surface area contributed by atoms with E-state index in [0.29, 0.717) is 13.2 Å². The van der Waals surface area contributed by atoms with Gasteiger partial charge >= 0.3 is 0 Å². The fourth-order valence-corrected chi connectivity index (χ4v) is 4.17. The van der Waals surface area contributed by atoms with Gasteiger partial charge in [-0.2, -0.15) is 0 Å². The van der Waals surface area contributed by atoms with Crippen LogP contribution in [0.15, 0.2) is 29.3 Å². The Kier molecular flexibility index (Phi) is 6.24. The third-order valence-electron chi connectivity index (χ3n) is 5.57. The molecule has 0 radical (unpaired) electrons. The standard InChI is InChI=1S/C21H32N4O2/c1-4-22-20(23-15-21(12-7-8-13-21)19(26)25(2)3)24-17-11-14-27-18-10-6-5-9-16(17)18/h5-6,9-10,17H,4,7-8,11-15H2,1-3H3,(H2,22,23,24). The van der Waals surface area contributed by atoms with Gasteiger partial charge in [0.05, 0.1) is 24.6 Å². The Labute approximate surface area is 162 Å². The van der Waals surface area contributed by atoms with E-state index in [0.717, 1.165) is 55.9 Å². The number of aliphatic imine (C=N–C) groups is 1. The minimum absolute atomic E-state index is 0.164. The maximum absolute atomic E-state index is 12.8. The van der Waals surface area contributed by atoms with Crippen molar-refractivity contribution in [3.63, 3.8) is 0 Å². The SMILES string of the molecule is CCNC(=NCC1(C(=O)N(C)C)CCCC1)NC1CCOc2ccccc21. The highest BCUT2D eigenvalue weighted by Gasteiger charge is 2.42. The van der Waals surface area contributed by atoms with Crippen molar-refractivity contribution in [3.05, 3.63) is 29.8 Å². The van der Waals surface area contributed by atoms with E-state index >= 15 is 0 Å². The molecule has 2 aliphatic rings. The summed E-state index contributed by atoms with van der Waals surface area (Å²) in [4.78, 5) is 19.4. The summed E-state index contributed by atoms with van der Waals surface area (Å²) in [6.07, 6.45) is 4.95. The van der Waals surface area contributed by atoms with E-state index < -0.39 is 0 Å². The van der Waals surface area contributed by atoms with Crippen molar-refractivity contribution in [2.45, 2.75) is 45.1 Å². The first-order chi connectivity index (χ1) is 13.1. The van der Waals surface area contributed by atoms with E-state index in [2.05, 4.69) is 23.6 Å². The number of para-hydroxylation sites is 1. The molecule has 0 bridgehead atoms. The predicted octanol–water partition coefficient (Wildman–Crippen LogP) is 2.71. The highest BCUT2D eigenvalue weighted by molar-refractivity contribution is 5.84. The summed E-state index contributed by atoms with van der Waals surface area (Å²) in [6.45, 7) is 4.07. The third-order valence-corrected chi connectivity index (χ3v) is 5.57. The van der Waals surface area contributed by atoms with E-state index in [1.807, 2.05) is 32.3 Å². The number of benzene rings is 1. The van der Waals surface area contributed by atoms with Gasteiger partial charge in [0.1, 0.15) is 5.75 Å². The maximum Gasteiger partial charge on any atom is 0.230 e. The van der Waals surface area contributed by atoms with Gasteiger partial charge in [0.25, 0.3) is 0 Å². The molecule has 1 atom stereocenters. The van der Waals surface area contributed by atoms with Gasteiger partial charge in [0.15, 0.2) is 5.96 Å². The van der Waals surface area contributed by atoms with E-state index in [9.17, 15) is 4.79 Å². The van der Waals surface area contributed by atoms with Crippen LogP contribution in [0.4, 0.5) is 0 Å². The van der Waals surface area contributed by atoms with Crippen molar-refractivity contribution >= 4 is 11.9 Å². The molecule has 1 aromatic rings. The average Bonchev–Trinajstić information content (AvgIpc) is 3.16. The van der Waals surface area contributed by atoms with E-state index in [-0.39, 0.29) is 17.4 Å². The third kappa shape index (κ3) is 4.37. The monoisotopic (exact) mass is 372 g/mol. The number of carbonyl (C=O) groups is 1. The second kappa shape index (κ2) is 8.63. The Balaban J connectivity index is 1.76. The zero-order valence-corrected chi connectivity index (χ0v) is 16.8. The van der Waals surface area contributed by atoms with Gasteiger partial charge in [0.2, 0.25) is 5.91 Å². The molecule has 6 nitrogen and oxygen atoms in total. The molecule has 1 aromatic carbocycles. The Hall–Kier alpha value is -2.24. The molecule has 0 saturated heterocycles. The van der Waals surface area contributed by atoms with Crippen molar-refractivity contribution in [2.24, 2.45) is 10.4 Å². The number of rotatable bonds is 5. The van der Waals surface area contributed by atoms with Crippen LogP contribution in [0.1, 0.15) is 50.6 Å². The minimum atomic E-state index is -0.348. The lowest BCUT2D eigenvalue weighted by molar-refractivity contribution is -0.138. The number of fused-ring (bicyclic) bond motifs is 1. The molecular weight excluding hydrogens is 340 g/mol. The summed E-state index contributed by atoms with van der Waals surface area (Å²) in [5.41, 5.74) is 0.814. The van der Waals surface area contributed by atoms with E-state index in [1.54, 1.807) is 4.90 Å². The lowest BCUT2D eigenvalue weighted by Gasteiger charge is -2.30. The van der Waals surface area contributed by atoms with Crippen molar-refractivity contribution in [3.8, 4) is 5.75 Å². The number of ether oxygens (including phenoxy) is 1. The number of nitrogens with one attached hydrogen (secondary N) is 2. The van der Waals surface area contributed by atoms with Crippen LogP contribution in [0.3, 0.4) is 0 Å². The van der Waals surface area contributed by atoms with Gasteiger partial charge in [-0.25, -0.2) is 0 Å². The molecule has 1 aliphatic heterocycles. The second-order valence-electron chi connectivity index (χ2n) is 7.75. The quantitative estimate of drug-likeness (QED) is 0.616. The van der Waals surface area contributed by atoms with Crippen molar-refractivity contribution < 1.29 is 9.53 Å². The van der Waals surface area contributed by atoms with E-state index in [4.69, 9.17) is 9.73 Å². The summed E-state index contributed by atoms with van der Waals surface area (Å²) in [7, 11) is 3.68. The van der Waals surface area contributed by atoms with Crippen LogP contribution in [0, 0.1) is 5.41 Å². The number of amides is 1. The molecule has 2 N–H and O–H groups in total. The molecule has 1 heterocycles. The Morgan fingerprint density at radius 2 is 2.04 bits per heavy atom. The van der Waals surface area contributed by atoms with Gasteiger partial charge < -0.3 is 20.3 Å². The molecule has 1 unspecified atom stereocenters. The molecule has 1 saturated carbocycles. The number of hydrogen-bond acceptors (Lipinski definition) is 3. The topological polar surface area (TPSA) is 66.0 Å². The molecule has 3 rings (SSSR count). The summed E-state index contributed by atoms with van der Waals surface area (Å²) in [6, 6.07) is 8.31. The fraction of sp³-hybridized carbons (Fsp3) is 0.619. The van der Waals surface area contributed by atoms with Gasteiger partial charge in [-0.1, -0.05) is 31.0 Å². The highest BCUT2D eigenvalue weighted by atomic mass is 16.5.